The lowest BCUT2D eigenvalue weighted by Crippen LogP contribution is -2.14. The monoisotopic (exact) mass is 269 g/mol. The average molecular weight is 269 g/mol. The van der Waals surface area contributed by atoms with Crippen LogP contribution in [0.15, 0.2) is 42.5 Å². The second kappa shape index (κ2) is 6.10. The third-order valence-corrected chi connectivity index (χ3v) is 3.25. The number of nitrogens with two attached hydrogens (primary N) is 2. The predicted molar refractivity (Wildman–Crippen MR) is 82.5 cm³/mol. The number of aryl methyl sites for hydroxylation is 1. The second-order valence-electron chi connectivity index (χ2n) is 4.69. The summed E-state index contributed by atoms with van der Waals surface area (Å²) < 4.78 is 0. The molecule has 0 heterocycles. The molecule has 0 spiro atoms. The fourth-order valence-electron chi connectivity index (χ4n) is 1.98. The first-order chi connectivity index (χ1) is 9.60. The highest BCUT2D eigenvalue weighted by Gasteiger charge is 2.06. The van der Waals surface area contributed by atoms with Gasteiger partial charge in [-0.25, -0.2) is 0 Å². The van der Waals surface area contributed by atoms with E-state index in [4.69, 9.17) is 11.5 Å². The minimum absolute atomic E-state index is 0.344. The smallest absolute Gasteiger partial charge is 0.250 e. The van der Waals surface area contributed by atoms with E-state index in [0.29, 0.717) is 17.8 Å². The predicted octanol–water partition coefficient (Wildman–Crippen LogP) is 2.54. The maximum absolute atomic E-state index is 11.2. The molecule has 0 saturated heterocycles. The van der Waals surface area contributed by atoms with Crippen molar-refractivity contribution >= 4 is 17.3 Å². The van der Waals surface area contributed by atoms with Crippen molar-refractivity contribution in [3.05, 3.63) is 59.2 Å². The zero-order chi connectivity index (χ0) is 14.5. The lowest BCUT2D eigenvalue weighted by atomic mass is 10.1. The van der Waals surface area contributed by atoms with Crippen LogP contribution in [-0.4, -0.2) is 5.91 Å². The summed E-state index contributed by atoms with van der Waals surface area (Å²) in [6.45, 7) is 2.82. The van der Waals surface area contributed by atoms with E-state index in [-0.39, 0.29) is 0 Å². The summed E-state index contributed by atoms with van der Waals surface area (Å²) >= 11 is 0. The SMILES string of the molecule is CCc1ccc(CNc2ccc(N)c(C(N)=O)c2)cc1. The van der Waals surface area contributed by atoms with Gasteiger partial charge in [-0.15, -0.1) is 0 Å². The number of carbonyl (C=O) groups excluding carboxylic acids is 1. The lowest BCUT2D eigenvalue weighted by Gasteiger charge is -2.09. The molecular formula is C16H19N3O. The van der Waals surface area contributed by atoms with Crippen LogP contribution in [-0.2, 0) is 13.0 Å². The molecule has 0 aromatic heterocycles. The van der Waals surface area contributed by atoms with Crippen LogP contribution in [0, 0.1) is 0 Å². The molecule has 5 N–H and O–H groups in total. The highest BCUT2D eigenvalue weighted by atomic mass is 16.1. The standard InChI is InChI=1S/C16H19N3O/c1-2-11-3-5-12(6-4-11)10-19-13-7-8-15(17)14(9-13)16(18)20/h3-9,19H,2,10,17H2,1H3,(H2,18,20). The molecule has 0 saturated carbocycles. The number of primary amides is 1. The Morgan fingerprint density at radius 3 is 2.35 bits per heavy atom. The fourth-order valence-corrected chi connectivity index (χ4v) is 1.98. The van der Waals surface area contributed by atoms with E-state index in [1.54, 1.807) is 12.1 Å². The first-order valence-corrected chi connectivity index (χ1v) is 6.61. The van der Waals surface area contributed by atoms with Crippen LogP contribution in [0.3, 0.4) is 0 Å². The Morgan fingerprint density at radius 1 is 1.10 bits per heavy atom. The first kappa shape index (κ1) is 13.9. The van der Waals surface area contributed by atoms with Gasteiger partial charge in [0.05, 0.1) is 5.56 Å². The molecule has 0 bridgehead atoms. The molecule has 20 heavy (non-hydrogen) atoms. The van der Waals surface area contributed by atoms with Crippen molar-refractivity contribution in [2.45, 2.75) is 19.9 Å². The molecule has 2 rings (SSSR count). The minimum Gasteiger partial charge on any atom is -0.398 e. The van der Waals surface area contributed by atoms with E-state index < -0.39 is 5.91 Å². The van der Waals surface area contributed by atoms with Gasteiger partial charge in [-0.1, -0.05) is 31.2 Å². The summed E-state index contributed by atoms with van der Waals surface area (Å²) in [5.41, 5.74) is 15.0. The Balaban J connectivity index is 2.06. The van der Waals surface area contributed by atoms with Crippen LogP contribution < -0.4 is 16.8 Å². The van der Waals surface area contributed by atoms with Crippen molar-refractivity contribution < 1.29 is 4.79 Å². The molecule has 4 heteroatoms. The van der Waals surface area contributed by atoms with E-state index in [2.05, 4.69) is 36.5 Å². The maximum Gasteiger partial charge on any atom is 0.250 e. The van der Waals surface area contributed by atoms with Gasteiger partial charge >= 0.3 is 0 Å². The van der Waals surface area contributed by atoms with Crippen LogP contribution in [0.1, 0.15) is 28.4 Å². The van der Waals surface area contributed by atoms with Crippen LogP contribution >= 0.6 is 0 Å². The Morgan fingerprint density at radius 2 is 1.75 bits per heavy atom. The number of nitrogens with one attached hydrogen (secondary N) is 1. The molecule has 0 unspecified atom stereocenters. The van der Waals surface area contributed by atoms with Crippen LogP contribution in [0.4, 0.5) is 11.4 Å². The van der Waals surface area contributed by atoms with Crippen molar-refractivity contribution in [3.63, 3.8) is 0 Å². The Bertz CT molecular complexity index is 606. The number of amides is 1. The summed E-state index contributed by atoms with van der Waals surface area (Å²) in [6.07, 6.45) is 1.04. The van der Waals surface area contributed by atoms with E-state index >= 15 is 0 Å². The molecule has 0 radical (unpaired) electrons. The van der Waals surface area contributed by atoms with Gasteiger partial charge in [-0.3, -0.25) is 4.79 Å². The number of hydrogen-bond acceptors (Lipinski definition) is 3. The van der Waals surface area contributed by atoms with E-state index in [0.717, 1.165) is 12.1 Å². The van der Waals surface area contributed by atoms with Gasteiger partial charge in [0.2, 0.25) is 0 Å². The largest absolute Gasteiger partial charge is 0.398 e. The molecule has 0 aliphatic heterocycles. The summed E-state index contributed by atoms with van der Waals surface area (Å²) in [5, 5.41) is 3.26. The Hall–Kier alpha value is -2.49. The van der Waals surface area contributed by atoms with Crippen LogP contribution in [0.25, 0.3) is 0 Å². The molecule has 0 atom stereocenters. The first-order valence-electron chi connectivity index (χ1n) is 6.61. The number of benzene rings is 2. The van der Waals surface area contributed by atoms with Crippen molar-refractivity contribution in [2.75, 3.05) is 11.1 Å². The van der Waals surface area contributed by atoms with E-state index in [9.17, 15) is 4.79 Å². The fraction of sp³-hybridized carbons (Fsp3) is 0.188. The minimum atomic E-state index is -0.515. The maximum atomic E-state index is 11.2. The van der Waals surface area contributed by atoms with Crippen LogP contribution in [0.2, 0.25) is 0 Å². The summed E-state index contributed by atoms with van der Waals surface area (Å²) in [7, 11) is 0. The van der Waals surface area contributed by atoms with Crippen molar-refractivity contribution in [1.29, 1.82) is 0 Å². The third-order valence-electron chi connectivity index (χ3n) is 3.25. The molecule has 0 fully saturated rings. The molecule has 2 aromatic rings. The average Bonchev–Trinajstić information content (AvgIpc) is 2.46. The topological polar surface area (TPSA) is 81.1 Å². The normalized spacial score (nSPS) is 10.2. The van der Waals surface area contributed by atoms with E-state index in [1.165, 1.54) is 11.1 Å². The molecule has 4 nitrogen and oxygen atoms in total. The molecular weight excluding hydrogens is 250 g/mol. The molecule has 2 aromatic carbocycles. The molecule has 104 valence electrons. The highest BCUT2D eigenvalue weighted by molar-refractivity contribution is 5.98. The molecule has 0 aliphatic rings. The van der Waals surface area contributed by atoms with Gasteiger partial charge in [0.25, 0.3) is 5.91 Å². The quantitative estimate of drug-likeness (QED) is 0.730. The Kier molecular flexibility index (Phi) is 4.25. The molecule has 1 amide bonds. The third kappa shape index (κ3) is 3.29. The number of anilines is 2. The van der Waals surface area contributed by atoms with Crippen molar-refractivity contribution in [3.8, 4) is 0 Å². The zero-order valence-electron chi connectivity index (χ0n) is 11.5. The van der Waals surface area contributed by atoms with Gasteiger partial charge < -0.3 is 16.8 Å². The number of rotatable bonds is 5. The second-order valence-corrected chi connectivity index (χ2v) is 4.69. The van der Waals surface area contributed by atoms with E-state index in [1.807, 2.05) is 6.07 Å². The van der Waals surface area contributed by atoms with Crippen LogP contribution in [0.5, 0.6) is 0 Å². The summed E-state index contributed by atoms with van der Waals surface area (Å²) in [4.78, 5) is 11.2. The number of nitrogen functional groups attached to an aromatic ring is 1. The number of carbonyl (C=O) groups is 1. The number of hydrogen-bond donors (Lipinski definition) is 3. The van der Waals surface area contributed by atoms with Gasteiger partial charge in [0, 0.05) is 17.9 Å². The summed E-state index contributed by atoms with van der Waals surface area (Å²) in [6, 6.07) is 13.6. The molecule has 0 aliphatic carbocycles. The van der Waals surface area contributed by atoms with Crippen molar-refractivity contribution in [1.82, 2.24) is 0 Å². The van der Waals surface area contributed by atoms with Gasteiger partial charge in [-0.05, 0) is 35.7 Å². The highest BCUT2D eigenvalue weighted by Crippen LogP contribution is 2.18. The lowest BCUT2D eigenvalue weighted by molar-refractivity contribution is 0.100. The zero-order valence-corrected chi connectivity index (χ0v) is 11.5. The van der Waals surface area contributed by atoms with Gasteiger partial charge in [0.1, 0.15) is 0 Å². The Labute approximate surface area is 118 Å². The van der Waals surface area contributed by atoms with Gasteiger partial charge in [0.15, 0.2) is 0 Å². The van der Waals surface area contributed by atoms with Crippen molar-refractivity contribution in [2.24, 2.45) is 5.73 Å². The van der Waals surface area contributed by atoms with Gasteiger partial charge in [-0.2, -0.15) is 0 Å². The summed E-state index contributed by atoms with van der Waals surface area (Å²) in [5.74, 6) is -0.515.